The fourth-order valence-electron chi connectivity index (χ4n) is 2.11. The third-order valence-electron chi connectivity index (χ3n) is 3.05. The lowest BCUT2D eigenvalue weighted by Gasteiger charge is -2.20. The van der Waals surface area contributed by atoms with E-state index in [1.54, 1.807) is 6.08 Å². The first-order chi connectivity index (χ1) is 8.34. The molecule has 0 atom stereocenters. The Morgan fingerprint density at radius 2 is 1.82 bits per heavy atom. The maximum Gasteiger partial charge on any atom is 0.331 e. The molecular formula is C15H18O2. The first-order valence-electron chi connectivity index (χ1n) is 6.28. The lowest BCUT2D eigenvalue weighted by atomic mass is 9.98. The van der Waals surface area contributed by atoms with Crippen LogP contribution in [0.2, 0.25) is 0 Å². The minimum atomic E-state index is -0.222. The Morgan fingerprint density at radius 1 is 1.12 bits per heavy atom. The smallest absolute Gasteiger partial charge is 0.331 e. The van der Waals surface area contributed by atoms with Crippen LogP contribution in [0, 0.1) is 0 Å². The number of esters is 1. The molecule has 0 N–H and O–H groups in total. The van der Waals surface area contributed by atoms with Crippen molar-refractivity contribution in [3.05, 3.63) is 42.0 Å². The van der Waals surface area contributed by atoms with Gasteiger partial charge in [0, 0.05) is 6.08 Å². The Kier molecular flexibility index (Phi) is 4.37. The average Bonchev–Trinajstić information content (AvgIpc) is 2.39. The van der Waals surface area contributed by atoms with Crippen molar-refractivity contribution in [2.75, 3.05) is 0 Å². The van der Waals surface area contributed by atoms with Gasteiger partial charge in [-0.3, -0.25) is 0 Å². The number of rotatable bonds is 3. The van der Waals surface area contributed by atoms with Crippen LogP contribution in [0.1, 0.15) is 37.7 Å². The molecule has 90 valence electrons. The summed E-state index contributed by atoms with van der Waals surface area (Å²) in [6, 6.07) is 9.78. The third-order valence-corrected chi connectivity index (χ3v) is 3.05. The summed E-state index contributed by atoms with van der Waals surface area (Å²) < 4.78 is 5.39. The minimum Gasteiger partial charge on any atom is -0.459 e. The number of carbonyl (C=O) groups excluding carboxylic acids is 1. The van der Waals surface area contributed by atoms with E-state index in [4.69, 9.17) is 4.74 Å². The van der Waals surface area contributed by atoms with Crippen molar-refractivity contribution in [2.24, 2.45) is 0 Å². The van der Waals surface area contributed by atoms with E-state index in [2.05, 4.69) is 0 Å². The highest BCUT2D eigenvalue weighted by molar-refractivity contribution is 5.87. The number of hydrogen-bond acceptors (Lipinski definition) is 2. The van der Waals surface area contributed by atoms with E-state index >= 15 is 0 Å². The normalized spacial score (nSPS) is 17.2. The van der Waals surface area contributed by atoms with Gasteiger partial charge in [-0.05, 0) is 37.3 Å². The van der Waals surface area contributed by atoms with Gasteiger partial charge in [0.15, 0.2) is 0 Å². The van der Waals surface area contributed by atoms with E-state index in [1.165, 1.54) is 25.3 Å². The van der Waals surface area contributed by atoms with Crippen LogP contribution in [-0.4, -0.2) is 12.1 Å². The zero-order valence-corrected chi connectivity index (χ0v) is 9.97. The van der Waals surface area contributed by atoms with E-state index in [1.807, 2.05) is 30.3 Å². The molecule has 17 heavy (non-hydrogen) atoms. The second-order valence-electron chi connectivity index (χ2n) is 4.44. The van der Waals surface area contributed by atoms with Gasteiger partial charge >= 0.3 is 5.97 Å². The van der Waals surface area contributed by atoms with Gasteiger partial charge in [-0.2, -0.15) is 0 Å². The Morgan fingerprint density at radius 3 is 2.53 bits per heavy atom. The van der Waals surface area contributed by atoms with Crippen molar-refractivity contribution in [2.45, 2.75) is 38.2 Å². The van der Waals surface area contributed by atoms with Crippen LogP contribution < -0.4 is 0 Å². The fraction of sp³-hybridized carbons (Fsp3) is 0.400. The van der Waals surface area contributed by atoms with Crippen molar-refractivity contribution in [3.8, 4) is 0 Å². The SMILES string of the molecule is O=C(/C=C/c1ccccc1)OC1CCCCC1. The van der Waals surface area contributed by atoms with Crippen LogP contribution in [0.25, 0.3) is 6.08 Å². The molecule has 1 aliphatic carbocycles. The van der Waals surface area contributed by atoms with Crippen LogP contribution in [-0.2, 0) is 9.53 Å². The van der Waals surface area contributed by atoms with Crippen molar-refractivity contribution < 1.29 is 9.53 Å². The highest BCUT2D eigenvalue weighted by Gasteiger charge is 2.15. The summed E-state index contributed by atoms with van der Waals surface area (Å²) in [5.74, 6) is -0.222. The zero-order chi connectivity index (χ0) is 11.9. The summed E-state index contributed by atoms with van der Waals surface area (Å²) in [5, 5.41) is 0. The second-order valence-corrected chi connectivity index (χ2v) is 4.44. The molecule has 0 spiro atoms. The van der Waals surface area contributed by atoms with E-state index < -0.39 is 0 Å². The molecule has 1 aromatic rings. The molecule has 0 unspecified atom stereocenters. The van der Waals surface area contributed by atoms with Gasteiger partial charge in [-0.1, -0.05) is 36.8 Å². The highest BCUT2D eigenvalue weighted by atomic mass is 16.5. The molecular weight excluding hydrogens is 212 g/mol. The van der Waals surface area contributed by atoms with Gasteiger partial charge in [0.1, 0.15) is 6.10 Å². The monoisotopic (exact) mass is 230 g/mol. The topological polar surface area (TPSA) is 26.3 Å². The molecule has 0 aliphatic heterocycles. The summed E-state index contributed by atoms with van der Waals surface area (Å²) >= 11 is 0. The van der Waals surface area contributed by atoms with E-state index in [0.717, 1.165) is 18.4 Å². The lowest BCUT2D eigenvalue weighted by molar-refractivity contribution is -0.144. The number of benzene rings is 1. The molecule has 2 heteroatoms. The average molecular weight is 230 g/mol. The quantitative estimate of drug-likeness (QED) is 0.586. The van der Waals surface area contributed by atoms with Crippen molar-refractivity contribution in [1.29, 1.82) is 0 Å². The maximum atomic E-state index is 11.6. The Labute approximate surface area is 102 Å². The highest BCUT2D eigenvalue weighted by Crippen LogP contribution is 2.20. The van der Waals surface area contributed by atoms with Crippen LogP contribution in [0.4, 0.5) is 0 Å². The molecule has 1 saturated carbocycles. The van der Waals surface area contributed by atoms with E-state index in [9.17, 15) is 4.79 Å². The molecule has 0 amide bonds. The minimum absolute atomic E-state index is 0.136. The molecule has 1 fully saturated rings. The van der Waals surface area contributed by atoms with Crippen LogP contribution in [0.3, 0.4) is 0 Å². The zero-order valence-electron chi connectivity index (χ0n) is 9.97. The number of hydrogen-bond donors (Lipinski definition) is 0. The summed E-state index contributed by atoms with van der Waals surface area (Å²) in [6.07, 6.45) is 9.12. The van der Waals surface area contributed by atoms with Crippen molar-refractivity contribution >= 4 is 12.0 Å². The third kappa shape index (κ3) is 4.06. The Balaban J connectivity index is 1.82. The molecule has 0 radical (unpaired) electrons. The Bertz CT molecular complexity index is 375. The standard InChI is InChI=1S/C15H18O2/c16-15(17-14-9-5-2-6-10-14)12-11-13-7-3-1-4-8-13/h1,3-4,7-8,11-12,14H,2,5-6,9-10H2/b12-11+. The van der Waals surface area contributed by atoms with Gasteiger partial charge < -0.3 is 4.74 Å². The number of carbonyl (C=O) groups is 1. The molecule has 0 saturated heterocycles. The maximum absolute atomic E-state index is 11.6. The van der Waals surface area contributed by atoms with Crippen LogP contribution in [0.5, 0.6) is 0 Å². The van der Waals surface area contributed by atoms with Gasteiger partial charge in [0.05, 0.1) is 0 Å². The fourth-order valence-corrected chi connectivity index (χ4v) is 2.11. The van der Waals surface area contributed by atoms with Crippen LogP contribution in [0.15, 0.2) is 36.4 Å². The van der Waals surface area contributed by atoms with Gasteiger partial charge in [-0.15, -0.1) is 0 Å². The second kappa shape index (κ2) is 6.24. The van der Waals surface area contributed by atoms with Crippen molar-refractivity contribution in [3.63, 3.8) is 0 Å². The molecule has 2 rings (SSSR count). The molecule has 1 aromatic carbocycles. The molecule has 0 aromatic heterocycles. The van der Waals surface area contributed by atoms with E-state index in [-0.39, 0.29) is 12.1 Å². The van der Waals surface area contributed by atoms with Gasteiger partial charge in [-0.25, -0.2) is 4.79 Å². The first-order valence-corrected chi connectivity index (χ1v) is 6.28. The molecule has 1 aliphatic rings. The van der Waals surface area contributed by atoms with E-state index in [0.29, 0.717) is 0 Å². The summed E-state index contributed by atoms with van der Waals surface area (Å²) in [6.45, 7) is 0. The van der Waals surface area contributed by atoms with Gasteiger partial charge in [0.2, 0.25) is 0 Å². The number of ether oxygens (including phenoxy) is 1. The Hall–Kier alpha value is -1.57. The lowest BCUT2D eigenvalue weighted by Crippen LogP contribution is -2.19. The largest absolute Gasteiger partial charge is 0.459 e. The van der Waals surface area contributed by atoms with Crippen LogP contribution >= 0.6 is 0 Å². The summed E-state index contributed by atoms with van der Waals surface area (Å²) in [5.41, 5.74) is 1.02. The molecule has 2 nitrogen and oxygen atoms in total. The van der Waals surface area contributed by atoms with Crippen molar-refractivity contribution in [1.82, 2.24) is 0 Å². The molecule has 0 heterocycles. The first kappa shape index (κ1) is 11.9. The summed E-state index contributed by atoms with van der Waals surface area (Å²) in [4.78, 5) is 11.6. The predicted molar refractivity (Wildman–Crippen MR) is 68.4 cm³/mol. The summed E-state index contributed by atoms with van der Waals surface area (Å²) in [7, 11) is 0. The predicted octanol–water partition coefficient (Wildman–Crippen LogP) is 3.58. The van der Waals surface area contributed by atoms with Gasteiger partial charge in [0.25, 0.3) is 0 Å². The molecule has 0 bridgehead atoms.